The molecule has 1 saturated heterocycles. The average molecular weight is 304 g/mol. The molecule has 0 aromatic carbocycles. The van der Waals surface area contributed by atoms with Gasteiger partial charge >= 0.3 is 0 Å². The zero-order valence-electron chi connectivity index (χ0n) is 15.0. The van der Waals surface area contributed by atoms with Crippen molar-refractivity contribution in [3.8, 4) is 0 Å². The fraction of sp³-hybridized carbons (Fsp3) is 0.850. The van der Waals surface area contributed by atoms with Gasteiger partial charge in [-0.3, -0.25) is 4.79 Å². The Morgan fingerprint density at radius 1 is 1.05 bits per heavy atom. The number of ketones is 1. The van der Waals surface area contributed by atoms with E-state index >= 15 is 0 Å². The molecule has 0 amide bonds. The molecule has 1 aliphatic heterocycles. The molecule has 0 bridgehead atoms. The first-order chi connectivity index (χ1) is 10.1. The van der Waals surface area contributed by atoms with Crippen molar-refractivity contribution in [2.24, 2.45) is 22.7 Å². The fourth-order valence-electron chi connectivity index (χ4n) is 6.22. The van der Waals surface area contributed by atoms with Gasteiger partial charge in [0.05, 0.1) is 11.2 Å². The highest BCUT2D eigenvalue weighted by Crippen LogP contribution is 2.64. The summed E-state index contributed by atoms with van der Waals surface area (Å²) in [7, 11) is 0. The van der Waals surface area contributed by atoms with E-state index in [1.54, 1.807) is 0 Å². The van der Waals surface area contributed by atoms with E-state index in [0.29, 0.717) is 17.6 Å². The van der Waals surface area contributed by atoms with Crippen LogP contribution in [-0.2, 0) is 9.53 Å². The quantitative estimate of drug-likeness (QED) is 0.643. The number of carbonyl (C=O) groups is 1. The zero-order valence-corrected chi connectivity index (χ0v) is 15.0. The Kier molecular flexibility index (Phi) is 3.46. The number of Topliss-reactive ketones (excluding diaryl/α,β-unsaturated/α-hetero) is 1. The molecule has 2 saturated carbocycles. The number of rotatable bonds is 1. The van der Waals surface area contributed by atoms with Crippen molar-refractivity contribution in [1.29, 1.82) is 0 Å². The van der Waals surface area contributed by atoms with Crippen LogP contribution in [-0.4, -0.2) is 17.0 Å². The van der Waals surface area contributed by atoms with Gasteiger partial charge in [0.15, 0.2) is 0 Å². The molecule has 2 heteroatoms. The normalized spacial score (nSPS) is 50.9. The minimum Gasteiger partial charge on any atom is -0.365 e. The Hall–Kier alpha value is -0.630. The molecule has 3 aliphatic rings. The summed E-state index contributed by atoms with van der Waals surface area (Å²) in [5.41, 5.74) is -0.197. The van der Waals surface area contributed by atoms with Crippen molar-refractivity contribution in [1.82, 2.24) is 0 Å². The van der Waals surface area contributed by atoms with Crippen LogP contribution in [0.4, 0.5) is 0 Å². The largest absolute Gasteiger partial charge is 0.365 e. The highest BCUT2D eigenvalue weighted by atomic mass is 16.5. The molecule has 1 heterocycles. The van der Waals surface area contributed by atoms with Crippen LogP contribution in [0.2, 0.25) is 0 Å². The van der Waals surface area contributed by atoms with E-state index in [-0.39, 0.29) is 22.0 Å². The van der Waals surface area contributed by atoms with Crippen LogP contribution in [0.15, 0.2) is 12.7 Å². The predicted octanol–water partition coefficient (Wildman–Crippen LogP) is 4.92. The van der Waals surface area contributed by atoms with E-state index in [2.05, 4.69) is 41.2 Å². The number of hydrogen-bond donors (Lipinski definition) is 0. The second-order valence-corrected chi connectivity index (χ2v) is 9.26. The standard InChI is InChI=1S/C20H32O2/c1-7-18(4)11-8-15-19(5)12-10-16(21)17(2,3)14(19)9-13-20(15,6)22-18/h7,14-15H,1,8-13H2,2-6H3/t14-,15-,18+,19-,20+/m1/s1. The summed E-state index contributed by atoms with van der Waals surface area (Å²) in [5, 5.41) is 0. The summed E-state index contributed by atoms with van der Waals surface area (Å²) in [5.74, 6) is 1.52. The smallest absolute Gasteiger partial charge is 0.138 e. The third kappa shape index (κ3) is 2.06. The molecule has 22 heavy (non-hydrogen) atoms. The molecule has 0 spiro atoms. The predicted molar refractivity (Wildman–Crippen MR) is 89.7 cm³/mol. The van der Waals surface area contributed by atoms with Crippen molar-refractivity contribution >= 4 is 5.78 Å². The third-order valence-corrected chi connectivity index (χ3v) is 7.57. The summed E-state index contributed by atoms with van der Waals surface area (Å²) in [6.07, 6.45) is 8.17. The Balaban J connectivity index is 1.97. The first-order valence-electron chi connectivity index (χ1n) is 8.94. The van der Waals surface area contributed by atoms with Crippen LogP contribution >= 0.6 is 0 Å². The highest BCUT2D eigenvalue weighted by Gasteiger charge is 2.62. The summed E-state index contributed by atoms with van der Waals surface area (Å²) in [6.45, 7) is 15.3. The summed E-state index contributed by atoms with van der Waals surface area (Å²) in [6, 6.07) is 0. The number of carbonyl (C=O) groups excluding carboxylic acids is 1. The van der Waals surface area contributed by atoms with Crippen LogP contribution in [0.1, 0.15) is 73.1 Å². The Morgan fingerprint density at radius 2 is 1.68 bits per heavy atom. The van der Waals surface area contributed by atoms with Gasteiger partial charge in [-0.2, -0.15) is 0 Å². The lowest BCUT2D eigenvalue weighted by atomic mass is 9.44. The molecular formula is C20H32O2. The fourth-order valence-corrected chi connectivity index (χ4v) is 6.22. The van der Waals surface area contributed by atoms with Gasteiger partial charge in [-0.15, -0.1) is 6.58 Å². The average Bonchev–Trinajstić information content (AvgIpc) is 2.42. The number of hydrogen-bond acceptors (Lipinski definition) is 2. The van der Waals surface area contributed by atoms with Gasteiger partial charge in [-0.25, -0.2) is 0 Å². The molecule has 0 aromatic rings. The SMILES string of the molecule is C=C[C@@]1(C)CC[C@@H]2[C@]3(C)CCC(=O)C(C)(C)[C@H]3CC[C@]2(C)O1. The molecule has 2 aliphatic carbocycles. The second-order valence-electron chi connectivity index (χ2n) is 9.26. The maximum atomic E-state index is 12.5. The van der Waals surface area contributed by atoms with Crippen LogP contribution in [0.5, 0.6) is 0 Å². The van der Waals surface area contributed by atoms with Crippen LogP contribution in [0, 0.1) is 22.7 Å². The molecule has 0 N–H and O–H groups in total. The van der Waals surface area contributed by atoms with E-state index in [9.17, 15) is 4.79 Å². The molecule has 3 fully saturated rings. The van der Waals surface area contributed by atoms with Crippen LogP contribution in [0.3, 0.4) is 0 Å². The van der Waals surface area contributed by atoms with Gasteiger partial charge in [0.2, 0.25) is 0 Å². The van der Waals surface area contributed by atoms with E-state index < -0.39 is 0 Å². The lowest BCUT2D eigenvalue weighted by Gasteiger charge is -2.64. The minimum absolute atomic E-state index is 0.0666. The Bertz CT molecular complexity index is 508. The number of ether oxygens (including phenoxy) is 1. The molecule has 2 nitrogen and oxygen atoms in total. The molecule has 0 radical (unpaired) electrons. The van der Waals surface area contributed by atoms with Crippen molar-refractivity contribution in [3.63, 3.8) is 0 Å². The maximum absolute atomic E-state index is 12.5. The van der Waals surface area contributed by atoms with Gasteiger partial charge in [0, 0.05) is 11.8 Å². The highest BCUT2D eigenvalue weighted by molar-refractivity contribution is 5.85. The zero-order chi connectivity index (χ0) is 16.4. The van der Waals surface area contributed by atoms with Crippen LogP contribution < -0.4 is 0 Å². The summed E-state index contributed by atoms with van der Waals surface area (Å²) >= 11 is 0. The second kappa shape index (κ2) is 4.69. The van der Waals surface area contributed by atoms with Gasteiger partial charge in [0.25, 0.3) is 0 Å². The van der Waals surface area contributed by atoms with E-state index in [0.717, 1.165) is 32.1 Å². The van der Waals surface area contributed by atoms with E-state index in [1.165, 1.54) is 6.42 Å². The van der Waals surface area contributed by atoms with Gasteiger partial charge in [-0.1, -0.05) is 26.8 Å². The Morgan fingerprint density at radius 3 is 2.32 bits per heavy atom. The molecule has 124 valence electrons. The first kappa shape index (κ1) is 16.2. The topological polar surface area (TPSA) is 26.3 Å². The van der Waals surface area contributed by atoms with E-state index in [4.69, 9.17) is 4.74 Å². The van der Waals surface area contributed by atoms with Crippen molar-refractivity contribution in [2.75, 3.05) is 0 Å². The Labute approximate surface area is 135 Å². The lowest BCUT2D eigenvalue weighted by Crippen LogP contribution is -2.63. The molecule has 0 aromatic heterocycles. The lowest BCUT2D eigenvalue weighted by molar-refractivity contribution is -0.250. The van der Waals surface area contributed by atoms with Gasteiger partial charge in [0.1, 0.15) is 5.78 Å². The maximum Gasteiger partial charge on any atom is 0.138 e. The third-order valence-electron chi connectivity index (χ3n) is 7.57. The molecule has 5 atom stereocenters. The van der Waals surface area contributed by atoms with Crippen LogP contribution in [0.25, 0.3) is 0 Å². The summed E-state index contributed by atoms with van der Waals surface area (Å²) in [4.78, 5) is 12.5. The molecular weight excluding hydrogens is 272 g/mol. The molecule has 0 unspecified atom stereocenters. The minimum atomic E-state index is -0.186. The van der Waals surface area contributed by atoms with Crippen molar-refractivity contribution in [3.05, 3.63) is 12.7 Å². The number of fused-ring (bicyclic) bond motifs is 3. The molecule has 3 rings (SSSR count). The van der Waals surface area contributed by atoms with Gasteiger partial charge in [-0.05, 0) is 63.2 Å². The van der Waals surface area contributed by atoms with Crippen molar-refractivity contribution < 1.29 is 9.53 Å². The first-order valence-corrected chi connectivity index (χ1v) is 8.94. The monoisotopic (exact) mass is 304 g/mol. The summed E-state index contributed by atoms with van der Waals surface area (Å²) < 4.78 is 6.62. The van der Waals surface area contributed by atoms with Crippen molar-refractivity contribution in [2.45, 2.75) is 84.3 Å². The van der Waals surface area contributed by atoms with E-state index in [1.807, 2.05) is 6.08 Å². The van der Waals surface area contributed by atoms with Gasteiger partial charge < -0.3 is 4.74 Å².